The average molecular weight is 319 g/mol. The van der Waals surface area contributed by atoms with Gasteiger partial charge in [0.25, 0.3) is 5.91 Å². The summed E-state index contributed by atoms with van der Waals surface area (Å²) < 4.78 is 5.82. The van der Waals surface area contributed by atoms with Crippen molar-refractivity contribution in [2.24, 2.45) is 0 Å². The van der Waals surface area contributed by atoms with Crippen LogP contribution in [0.5, 0.6) is 5.75 Å². The van der Waals surface area contributed by atoms with Gasteiger partial charge in [0.1, 0.15) is 5.75 Å². The van der Waals surface area contributed by atoms with Crippen LogP contribution in [0.3, 0.4) is 0 Å². The minimum Gasteiger partial charge on any atom is -0.481 e. The molecule has 24 heavy (non-hydrogen) atoms. The van der Waals surface area contributed by atoms with E-state index in [0.29, 0.717) is 5.75 Å². The van der Waals surface area contributed by atoms with Gasteiger partial charge in [-0.2, -0.15) is 0 Å². The summed E-state index contributed by atoms with van der Waals surface area (Å²) in [7, 11) is 0. The highest BCUT2D eigenvalue weighted by molar-refractivity contribution is 5.95. The fraction of sp³-hybridized carbons (Fsp3) is 0.190. The number of carbonyl (C=O) groups is 1. The number of hydrogen-bond acceptors (Lipinski definition) is 2. The van der Waals surface area contributed by atoms with Crippen LogP contribution in [0.1, 0.15) is 18.1 Å². The first kappa shape index (κ1) is 16.1. The van der Waals surface area contributed by atoms with Gasteiger partial charge in [-0.3, -0.25) is 4.79 Å². The number of hydrogen-bond donors (Lipinski definition) is 1. The van der Waals surface area contributed by atoms with Gasteiger partial charge < -0.3 is 10.1 Å². The summed E-state index contributed by atoms with van der Waals surface area (Å²) in [6, 6.07) is 19.9. The predicted molar refractivity (Wildman–Crippen MR) is 98.6 cm³/mol. The molecule has 1 amide bonds. The first-order valence-corrected chi connectivity index (χ1v) is 8.07. The standard InChI is InChI=1S/C21H21NO2/c1-14-7-6-8-15(2)20(14)22-21(23)16(3)24-19-12-11-17-9-4-5-10-18(17)13-19/h4-13,16H,1-3H3,(H,22,23). The van der Waals surface area contributed by atoms with Crippen molar-refractivity contribution in [2.75, 3.05) is 5.32 Å². The lowest BCUT2D eigenvalue weighted by molar-refractivity contribution is -0.122. The molecule has 0 bridgehead atoms. The third kappa shape index (κ3) is 3.40. The van der Waals surface area contributed by atoms with Crippen LogP contribution >= 0.6 is 0 Å². The molecule has 0 aromatic heterocycles. The molecule has 0 radical (unpaired) electrons. The third-order valence-electron chi connectivity index (χ3n) is 4.13. The van der Waals surface area contributed by atoms with Gasteiger partial charge in [-0.25, -0.2) is 0 Å². The van der Waals surface area contributed by atoms with E-state index in [9.17, 15) is 4.79 Å². The van der Waals surface area contributed by atoms with E-state index in [2.05, 4.69) is 11.4 Å². The molecule has 1 unspecified atom stereocenters. The molecule has 0 heterocycles. The second kappa shape index (κ2) is 6.75. The highest BCUT2D eigenvalue weighted by Gasteiger charge is 2.16. The predicted octanol–water partition coefficient (Wildman–Crippen LogP) is 4.86. The fourth-order valence-electron chi connectivity index (χ4n) is 2.73. The Hall–Kier alpha value is -2.81. The van der Waals surface area contributed by atoms with Crippen LogP contribution in [-0.2, 0) is 4.79 Å². The van der Waals surface area contributed by atoms with Crippen molar-refractivity contribution in [1.29, 1.82) is 0 Å². The molecule has 3 nitrogen and oxygen atoms in total. The van der Waals surface area contributed by atoms with E-state index in [1.165, 1.54) is 0 Å². The summed E-state index contributed by atoms with van der Waals surface area (Å²) in [4.78, 5) is 12.4. The Kier molecular flexibility index (Phi) is 4.52. The van der Waals surface area contributed by atoms with Crippen LogP contribution in [0, 0.1) is 13.8 Å². The summed E-state index contributed by atoms with van der Waals surface area (Å²) in [5, 5.41) is 5.22. The smallest absolute Gasteiger partial charge is 0.265 e. The topological polar surface area (TPSA) is 38.3 Å². The van der Waals surface area contributed by atoms with Gasteiger partial charge in [0.2, 0.25) is 0 Å². The van der Waals surface area contributed by atoms with E-state index in [-0.39, 0.29) is 5.91 Å². The van der Waals surface area contributed by atoms with E-state index in [0.717, 1.165) is 27.6 Å². The molecule has 0 saturated heterocycles. The lowest BCUT2D eigenvalue weighted by atomic mass is 10.1. The second-order valence-electron chi connectivity index (χ2n) is 6.03. The van der Waals surface area contributed by atoms with Crippen LogP contribution in [0.25, 0.3) is 10.8 Å². The minimum absolute atomic E-state index is 0.152. The number of carbonyl (C=O) groups excluding carboxylic acids is 1. The number of benzene rings is 3. The average Bonchev–Trinajstić information content (AvgIpc) is 2.58. The summed E-state index contributed by atoms with van der Waals surface area (Å²) in [6.45, 7) is 5.73. The van der Waals surface area contributed by atoms with E-state index in [4.69, 9.17) is 4.74 Å². The van der Waals surface area contributed by atoms with Crippen molar-refractivity contribution < 1.29 is 9.53 Å². The van der Waals surface area contributed by atoms with E-state index in [1.807, 2.05) is 68.4 Å². The molecule has 122 valence electrons. The summed E-state index contributed by atoms with van der Waals surface area (Å²) in [5.41, 5.74) is 2.94. The largest absolute Gasteiger partial charge is 0.481 e. The first-order valence-electron chi connectivity index (χ1n) is 8.07. The van der Waals surface area contributed by atoms with Gasteiger partial charge >= 0.3 is 0 Å². The molecule has 3 aromatic rings. The minimum atomic E-state index is -0.579. The van der Waals surface area contributed by atoms with Gasteiger partial charge in [0.05, 0.1) is 0 Å². The Balaban J connectivity index is 1.73. The molecular weight excluding hydrogens is 298 g/mol. The Morgan fingerprint density at radius 2 is 1.58 bits per heavy atom. The van der Waals surface area contributed by atoms with Gasteiger partial charge in [-0.15, -0.1) is 0 Å². The Morgan fingerprint density at radius 3 is 2.29 bits per heavy atom. The van der Waals surface area contributed by atoms with Crippen molar-refractivity contribution in [3.63, 3.8) is 0 Å². The lowest BCUT2D eigenvalue weighted by Crippen LogP contribution is -2.30. The number of amides is 1. The highest BCUT2D eigenvalue weighted by atomic mass is 16.5. The molecule has 0 spiro atoms. The van der Waals surface area contributed by atoms with Crippen LogP contribution in [0.2, 0.25) is 0 Å². The molecule has 0 aliphatic carbocycles. The van der Waals surface area contributed by atoms with E-state index < -0.39 is 6.10 Å². The second-order valence-corrected chi connectivity index (χ2v) is 6.03. The monoisotopic (exact) mass is 319 g/mol. The van der Waals surface area contributed by atoms with Crippen molar-refractivity contribution in [2.45, 2.75) is 26.9 Å². The Bertz CT molecular complexity index is 866. The van der Waals surface area contributed by atoms with Crippen molar-refractivity contribution >= 4 is 22.4 Å². The quantitative estimate of drug-likeness (QED) is 0.745. The Labute approximate surface area is 142 Å². The molecule has 1 N–H and O–H groups in total. The van der Waals surface area contributed by atoms with Crippen LogP contribution in [0.15, 0.2) is 60.7 Å². The lowest BCUT2D eigenvalue weighted by Gasteiger charge is -2.17. The SMILES string of the molecule is Cc1cccc(C)c1NC(=O)C(C)Oc1ccc2ccccc2c1. The fourth-order valence-corrected chi connectivity index (χ4v) is 2.73. The normalized spacial score (nSPS) is 12.0. The zero-order valence-corrected chi connectivity index (χ0v) is 14.2. The first-order chi connectivity index (χ1) is 11.5. The number of nitrogens with one attached hydrogen (secondary N) is 1. The van der Waals surface area contributed by atoms with Crippen LogP contribution < -0.4 is 10.1 Å². The molecule has 1 atom stereocenters. The van der Waals surface area contributed by atoms with E-state index >= 15 is 0 Å². The number of fused-ring (bicyclic) bond motifs is 1. The molecule has 3 heteroatoms. The number of aryl methyl sites for hydroxylation is 2. The third-order valence-corrected chi connectivity index (χ3v) is 4.13. The number of rotatable bonds is 4. The summed E-state index contributed by atoms with van der Waals surface area (Å²) >= 11 is 0. The Morgan fingerprint density at radius 1 is 0.917 bits per heavy atom. The van der Waals surface area contributed by atoms with Gasteiger partial charge in [-0.05, 0) is 54.8 Å². The summed E-state index contributed by atoms with van der Waals surface area (Å²) in [5.74, 6) is 0.540. The van der Waals surface area contributed by atoms with Gasteiger partial charge in [0.15, 0.2) is 6.10 Å². The maximum atomic E-state index is 12.4. The van der Waals surface area contributed by atoms with Crippen LogP contribution in [-0.4, -0.2) is 12.0 Å². The highest BCUT2D eigenvalue weighted by Crippen LogP contribution is 2.23. The number of anilines is 1. The van der Waals surface area contributed by atoms with Crippen molar-refractivity contribution in [3.05, 3.63) is 71.8 Å². The van der Waals surface area contributed by atoms with Gasteiger partial charge in [0, 0.05) is 5.69 Å². The number of ether oxygens (including phenoxy) is 1. The molecule has 0 aliphatic heterocycles. The summed E-state index contributed by atoms with van der Waals surface area (Å²) in [6.07, 6.45) is -0.579. The number of para-hydroxylation sites is 1. The zero-order valence-electron chi connectivity index (χ0n) is 14.2. The molecule has 0 aliphatic rings. The molecule has 0 saturated carbocycles. The zero-order chi connectivity index (χ0) is 17.1. The van der Waals surface area contributed by atoms with Crippen LogP contribution in [0.4, 0.5) is 5.69 Å². The molecule has 3 rings (SSSR count). The van der Waals surface area contributed by atoms with Gasteiger partial charge in [-0.1, -0.05) is 48.5 Å². The van der Waals surface area contributed by atoms with E-state index in [1.54, 1.807) is 6.92 Å². The molecular formula is C21H21NO2. The maximum Gasteiger partial charge on any atom is 0.265 e. The van der Waals surface area contributed by atoms with Crippen molar-refractivity contribution in [1.82, 2.24) is 0 Å². The molecule has 3 aromatic carbocycles. The molecule has 0 fully saturated rings. The maximum absolute atomic E-state index is 12.4. The van der Waals surface area contributed by atoms with Crippen molar-refractivity contribution in [3.8, 4) is 5.75 Å².